The number of benzene rings is 1. The Bertz CT molecular complexity index is 740. The second-order valence-corrected chi connectivity index (χ2v) is 8.52. The first kappa shape index (κ1) is 16.9. The number of hydrogen-bond donors (Lipinski definition) is 2. The van der Waals surface area contributed by atoms with Crippen molar-refractivity contribution >= 4 is 17.6 Å². The van der Waals surface area contributed by atoms with Crippen molar-refractivity contribution in [1.29, 1.82) is 0 Å². The Balaban J connectivity index is 1.58. The quantitative estimate of drug-likeness (QED) is 0.636. The summed E-state index contributed by atoms with van der Waals surface area (Å²) in [7, 11) is 0. The number of thioether (sulfide) groups is 1. The van der Waals surface area contributed by atoms with E-state index in [1.807, 2.05) is 6.92 Å². The van der Waals surface area contributed by atoms with E-state index in [9.17, 15) is 5.11 Å². The number of aliphatic hydroxyl groups excluding tert-OH is 1. The van der Waals surface area contributed by atoms with E-state index in [0.717, 1.165) is 36.7 Å². The van der Waals surface area contributed by atoms with Gasteiger partial charge >= 0.3 is 0 Å². The molecule has 4 nitrogen and oxygen atoms in total. The molecule has 2 N–H and O–H groups in total. The lowest BCUT2D eigenvalue weighted by Crippen LogP contribution is -2.23. The summed E-state index contributed by atoms with van der Waals surface area (Å²) in [5.41, 5.74) is 5.41. The van der Waals surface area contributed by atoms with Gasteiger partial charge in [-0.3, -0.25) is 0 Å². The van der Waals surface area contributed by atoms with E-state index in [1.165, 1.54) is 35.2 Å². The molecule has 0 fully saturated rings. The van der Waals surface area contributed by atoms with E-state index >= 15 is 0 Å². The number of hydrogen-bond acceptors (Lipinski definition) is 5. The zero-order valence-corrected chi connectivity index (χ0v) is 15.5. The molecule has 0 radical (unpaired) electrons. The Kier molecular flexibility index (Phi) is 4.95. The summed E-state index contributed by atoms with van der Waals surface area (Å²) in [6.07, 6.45) is 6.65. The SMILES string of the molecule is CC(CO)Sc1nc2c(c(NC3Cc4ccccc4C3)n1)CCCC2. The summed E-state index contributed by atoms with van der Waals surface area (Å²) in [5, 5.41) is 14.0. The lowest BCUT2D eigenvalue weighted by Gasteiger charge is -2.22. The first-order valence-corrected chi connectivity index (χ1v) is 10.1. The van der Waals surface area contributed by atoms with Crippen LogP contribution in [0.3, 0.4) is 0 Å². The fourth-order valence-electron chi connectivity index (χ4n) is 3.82. The Hall–Kier alpha value is -1.59. The highest BCUT2D eigenvalue weighted by molar-refractivity contribution is 7.99. The van der Waals surface area contributed by atoms with Gasteiger partial charge in [0.1, 0.15) is 5.82 Å². The molecule has 1 aromatic carbocycles. The van der Waals surface area contributed by atoms with Gasteiger partial charge < -0.3 is 10.4 Å². The third-order valence-electron chi connectivity index (χ3n) is 5.12. The normalized spacial score (nSPS) is 17.8. The van der Waals surface area contributed by atoms with Crippen molar-refractivity contribution in [2.75, 3.05) is 11.9 Å². The fourth-order valence-corrected chi connectivity index (χ4v) is 4.56. The van der Waals surface area contributed by atoms with Crippen molar-refractivity contribution < 1.29 is 5.11 Å². The Morgan fingerprint density at radius 2 is 1.88 bits per heavy atom. The summed E-state index contributed by atoms with van der Waals surface area (Å²) in [4.78, 5) is 9.61. The second-order valence-electron chi connectivity index (χ2n) is 7.12. The van der Waals surface area contributed by atoms with Crippen molar-refractivity contribution in [2.24, 2.45) is 0 Å². The summed E-state index contributed by atoms with van der Waals surface area (Å²) >= 11 is 1.56. The van der Waals surface area contributed by atoms with Gasteiger partial charge in [0.25, 0.3) is 0 Å². The van der Waals surface area contributed by atoms with Crippen LogP contribution in [0.5, 0.6) is 0 Å². The average Bonchev–Trinajstić information content (AvgIpc) is 3.04. The zero-order chi connectivity index (χ0) is 17.2. The number of aryl methyl sites for hydroxylation is 1. The highest BCUT2D eigenvalue weighted by Gasteiger charge is 2.24. The maximum Gasteiger partial charge on any atom is 0.190 e. The molecular formula is C20H25N3OS. The highest BCUT2D eigenvalue weighted by Crippen LogP contribution is 2.31. The first-order valence-electron chi connectivity index (χ1n) is 9.23. The number of aromatic nitrogens is 2. The van der Waals surface area contributed by atoms with Crippen molar-refractivity contribution in [3.63, 3.8) is 0 Å². The molecule has 0 amide bonds. The monoisotopic (exact) mass is 355 g/mol. The molecule has 1 aromatic heterocycles. The number of anilines is 1. The summed E-state index contributed by atoms with van der Waals surface area (Å²) in [5.74, 6) is 1.02. The molecule has 5 heteroatoms. The number of nitrogens with one attached hydrogen (secondary N) is 1. The van der Waals surface area contributed by atoms with Gasteiger partial charge in [-0.1, -0.05) is 43.0 Å². The second kappa shape index (κ2) is 7.34. The van der Waals surface area contributed by atoms with Crippen LogP contribution < -0.4 is 5.32 Å². The first-order chi connectivity index (χ1) is 12.2. The third-order valence-corrected chi connectivity index (χ3v) is 6.06. The van der Waals surface area contributed by atoms with E-state index in [0.29, 0.717) is 6.04 Å². The molecule has 1 unspecified atom stereocenters. The molecule has 2 aliphatic carbocycles. The summed E-state index contributed by atoms with van der Waals surface area (Å²) in [6.45, 7) is 2.15. The lowest BCUT2D eigenvalue weighted by atomic mass is 9.96. The van der Waals surface area contributed by atoms with Crippen LogP contribution in [0.1, 0.15) is 42.1 Å². The molecular weight excluding hydrogens is 330 g/mol. The van der Waals surface area contributed by atoms with Crippen LogP contribution in [-0.2, 0) is 25.7 Å². The van der Waals surface area contributed by atoms with Gasteiger partial charge in [-0.15, -0.1) is 0 Å². The van der Waals surface area contributed by atoms with E-state index in [-0.39, 0.29) is 11.9 Å². The predicted octanol–water partition coefficient (Wildman–Crippen LogP) is 3.41. The zero-order valence-electron chi connectivity index (χ0n) is 14.7. The van der Waals surface area contributed by atoms with E-state index in [4.69, 9.17) is 9.97 Å². The molecule has 0 saturated carbocycles. The van der Waals surface area contributed by atoms with Crippen LogP contribution in [0.2, 0.25) is 0 Å². The average molecular weight is 356 g/mol. The molecule has 0 aliphatic heterocycles. The van der Waals surface area contributed by atoms with Gasteiger partial charge in [0.05, 0.1) is 12.3 Å². The van der Waals surface area contributed by atoms with E-state index in [1.54, 1.807) is 11.8 Å². The fraction of sp³-hybridized carbons (Fsp3) is 0.500. The standard InChI is InChI=1S/C20H25N3OS/c1-13(12-24)25-20-22-18-9-5-4-8-17(18)19(23-20)21-16-10-14-6-2-3-7-15(14)11-16/h2-3,6-7,13,16,24H,4-5,8-12H2,1H3,(H,21,22,23). The van der Waals surface area contributed by atoms with Crippen LogP contribution in [0.25, 0.3) is 0 Å². The molecule has 2 aliphatic rings. The predicted molar refractivity (Wildman–Crippen MR) is 102 cm³/mol. The third kappa shape index (κ3) is 3.67. The van der Waals surface area contributed by atoms with Crippen LogP contribution in [0.15, 0.2) is 29.4 Å². The van der Waals surface area contributed by atoms with Crippen molar-refractivity contribution in [3.05, 3.63) is 46.6 Å². The van der Waals surface area contributed by atoms with Gasteiger partial charge in [-0.25, -0.2) is 9.97 Å². The Labute approximate surface area is 153 Å². The minimum Gasteiger partial charge on any atom is -0.395 e. The molecule has 1 atom stereocenters. The summed E-state index contributed by atoms with van der Waals surface area (Å²) < 4.78 is 0. The Morgan fingerprint density at radius 3 is 2.60 bits per heavy atom. The van der Waals surface area contributed by atoms with Crippen LogP contribution in [-0.4, -0.2) is 33.0 Å². The molecule has 4 rings (SSSR count). The number of aliphatic hydroxyl groups is 1. The van der Waals surface area contributed by atoms with E-state index in [2.05, 4.69) is 29.6 Å². The highest BCUT2D eigenvalue weighted by atomic mass is 32.2. The number of nitrogens with zero attached hydrogens (tertiary/aromatic N) is 2. The molecule has 1 heterocycles. The molecule has 25 heavy (non-hydrogen) atoms. The maximum atomic E-state index is 9.34. The van der Waals surface area contributed by atoms with Crippen molar-refractivity contribution in [1.82, 2.24) is 9.97 Å². The van der Waals surface area contributed by atoms with Crippen LogP contribution >= 0.6 is 11.8 Å². The number of fused-ring (bicyclic) bond motifs is 2. The summed E-state index contributed by atoms with van der Waals surface area (Å²) in [6, 6.07) is 9.12. The topological polar surface area (TPSA) is 58.0 Å². The molecule has 0 spiro atoms. The molecule has 0 bridgehead atoms. The minimum absolute atomic E-state index is 0.116. The van der Waals surface area contributed by atoms with Gasteiger partial charge in [0.15, 0.2) is 5.16 Å². The van der Waals surface area contributed by atoms with Gasteiger partial charge in [0, 0.05) is 16.9 Å². The Morgan fingerprint density at radius 1 is 1.16 bits per heavy atom. The van der Waals surface area contributed by atoms with Crippen molar-refractivity contribution in [2.45, 2.75) is 61.9 Å². The van der Waals surface area contributed by atoms with Crippen LogP contribution in [0.4, 0.5) is 5.82 Å². The lowest BCUT2D eigenvalue weighted by molar-refractivity contribution is 0.300. The van der Waals surface area contributed by atoms with Gasteiger partial charge in [0.2, 0.25) is 0 Å². The van der Waals surface area contributed by atoms with E-state index < -0.39 is 0 Å². The largest absolute Gasteiger partial charge is 0.395 e. The van der Waals surface area contributed by atoms with Crippen LogP contribution in [0, 0.1) is 0 Å². The minimum atomic E-state index is 0.116. The maximum absolute atomic E-state index is 9.34. The molecule has 0 saturated heterocycles. The molecule has 2 aromatic rings. The number of rotatable bonds is 5. The smallest absolute Gasteiger partial charge is 0.190 e. The van der Waals surface area contributed by atoms with Crippen molar-refractivity contribution in [3.8, 4) is 0 Å². The molecule has 132 valence electrons. The van der Waals surface area contributed by atoms with Gasteiger partial charge in [-0.2, -0.15) is 0 Å². The van der Waals surface area contributed by atoms with Gasteiger partial charge in [-0.05, 0) is 49.7 Å².